The second-order valence-corrected chi connectivity index (χ2v) is 3.53. The van der Waals surface area contributed by atoms with Gasteiger partial charge in [0, 0.05) is 0 Å². The number of anilines is 1. The first-order chi connectivity index (χ1) is 8.31. The Morgan fingerprint density at radius 3 is 2.72 bits per heavy atom. The SMILES string of the molecule is N#Cc1ccc(Cl)c(NC(=O)OCC(F)(F)F)c1. The molecule has 1 aromatic rings. The average Bonchev–Trinajstić information content (AvgIpc) is 2.28. The molecule has 0 saturated carbocycles. The molecule has 0 aliphatic rings. The summed E-state index contributed by atoms with van der Waals surface area (Å²) in [6.45, 7) is -1.70. The molecule has 1 N–H and O–H groups in total. The van der Waals surface area contributed by atoms with Crippen LogP contribution in [-0.4, -0.2) is 18.9 Å². The molecular formula is C10H6ClF3N2O2. The number of nitriles is 1. The van der Waals surface area contributed by atoms with E-state index in [2.05, 4.69) is 4.74 Å². The van der Waals surface area contributed by atoms with Crippen LogP contribution in [0.2, 0.25) is 5.02 Å². The van der Waals surface area contributed by atoms with Gasteiger partial charge in [0.15, 0.2) is 6.61 Å². The zero-order chi connectivity index (χ0) is 13.8. The minimum atomic E-state index is -4.60. The standard InChI is InChI=1S/C10H6ClF3N2O2/c11-7-2-1-6(4-15)3-8(7)16-9(17)18-5-10(12,13)14/h1-3H,5H2,(H,16,17). The number of ether oxygens (including phenoxy) is 1. The number of hydrogen-bond donors (Lipinski definition) is 1. The number of alkyl halides is 3. The Labute approximate surface area is 105 Å². The highest BCUT2D eigenvalue weighted by Crippen LogP contribution is 2.23. The Bertz CT molecular complexity index is 497. The van der Waals surface area contributed by atoms with Crippen molar-refractivity contribution in [2.45, 2.75) is 6.18 Å². The van der Waals surface area contributed by atoms with Gasteiger partial charge in [-0.1, -0.05) is 11.6 Å². The molecule has 8 heteroatoms. The van der Waals surface area contributed by atoms with E-state index in [1.165, 1.54) is 18.2 Å². The first-order valence-corrected chi connectivity index (χ1v) is 4.90. The summed E-state index contributed by atoms with van der Waals surface area (Å²) in [4.78, 5) is 11.0. The predicted molar refractivity (Wildman–Crippen MR) is 57.2 cm³/mol. The summed E-state index contributed by atoms with van der Waals surface area (Å²) in [5, 5.41) is 10.7. The van der Waals surface area contributed by atoms with E-state index in [1.54, 1.807) is 6.07 Å². The number of nitrogens with one attached hydrogen (secondary N) is 1. The van der Waals surface area contributed by atoms with Gasteiger partial charge in [-0.3, -0.25) is 5.32 Å². The van der Waals surface area contributed by atoms with Crippen molar-refractivity contribution >= 4 is 23.4 Å². The summed E-state index contributed by atoms with van der Waals surface area (Å²) in [7, 11) is 0. The molecule has 96 valence electrons. The Hall–Kier alpha value is -1.94. The highest BCUT2D eigenvalue weighted by molar-refractivity contribution is 6.33. The van der Waals surface area contributed by atoms with Crippen LogP contribution in [0.5, 0.6) is 0 Å². The number of nitrogens with zero attached hydrogens (tertiary/aromatic N) is 1. The number of benzene rings is 1. The van der Waals surface area contributed by atoms with Crippen LogP contribution in [0.1, 0.15) is 5.56 Å². The van der Waals surface area contributed by atoms with Crippen molar-refractivity contribution in [1.29, 1.82) is 5.26 Å². The van der Waals surface area contributed by atoms with E-state index in [4.69, 9.17) is 16.9 Å². The number of amides is 1. The minimum absolute atomic E-state index is 0.00268. The van der Waals surface area contributed by atoms with Crippen molar-refractivity contribution in [2.75, 3.05) is 11.9 Å². The number of hydrogen-bond acceptors (Lipinski definition) is 3. The second-order valence-electron chi connectivity index (χ2n) is 3.12. The lowest BCUT2D eigenvalue weighted by Crippen LogP contribution is -2.23. The summed E-state index contributed by atoms with van der Waals surface area (Å²) in [5.41, 5.74) is 0.202. The van der Waals surface area contributed by atoms with Crippen molar-refractivity contribution in [3.63, 3.8) is 0 Å². The first kappa shape index (κ1) is 14.1. The van der Waals surface area contributed by atoms with Gasteiger partial charge in [-0.15, -0.1) is 0 Å². The Morgan fingerprint density at radius 2 is 2.17 bits per heavy atom. The van der Waals surface area contributed by atoms with E-state index in [1.807, 2.05) is 5.32 Å². The fourth-order valence-electron chi connectivity index (χ4n) is 0.984. The van der Waals surface area contributed by atoms with Crippen molar-refractivity contribution in [2.24, 2.45) is 0 Å². The molecule has 1 aromatic carbocycles. The van der Waals surface area contributed by atoms with Crippen LogP contribution in [0.3, 0.4) is 0 Å². The van der Waals surface area contributed by atoms with Crippen LogP contribution in [0.15, 0.2) is 18.2 Å². The normalized spacial score (nSPS) is 10.6. The number of rotatable bonds is 2. The summed E-state index contributed by atoms with van der Waals surface area (Å²) >= 11 is 5.69. The van der Waals surface area contributed by atoms with Crippen molar-refractivity contribution in [1.82, 2.24) is 0 Å². The highest BCUT2D eigenvalue weighted by atomic mass is 35.5. The second kappa shape index (κ2) is 5.60. The van der Waals surface area contributed by atoms with E-state index in [0.717, 1.165) is 0 Å². The number of carbonyl (C=O) groups excluding carboxylic acids is 1. The van der Waals surface area contributed by atoms with Gasteiger partial charge in [0.05, 0.1) is 22.3 Å². The molecule has 4 nitrogen and oxygen atoms in total. The minimum Gasteiger partial charge on any atom is -0.440 e. The maximum atomic E-state index is 11.8. The van der Waals surface area contributed by atoms with Crippen LogP contribution < -0.4 is 5.32 Å². The van der Waals surface area contributed by atoms with Gasteiger partial charge in [-0.2, -0.15) is 18.4 Å². The summed E-state index contributed by atoms with van der Waals surface area (Å²) in [6.07, 6.45) is -5.90. The molecule has 0 aliphatic heterocycles. The zero-order valence-corrected chi connectivity index (χ0v) is 9.47. The molecule has 0 radical (unpaired) electrons. The van der Waals surface area contributed by atoms with Crippen molar-refractivity contribution in [3.8, 4) is 6.07 Å². The van der Waals surface area contributed by atoms with E-state index < -0.39 is 18.9 Å². The lowest BCUT2D eigenvalue weighted by molar-refractivity contribution is -0.159. The lowest BCUT2D eigenvalue weighted by atomic mass is 10.2. The third kappa shape index (κ3) is 4.51. The molecular weight excluding hydrogens is 273 g/mol. The molecule has 0 atom stereocenters. The van der Waals surface area contributed by atoms with Crippen molar-refractivity contribution in [3.05, 3.63) is 28.8 Å². The molecule has 0 heterocycles. The van der Waals surface area contributed by atoms with Crippen LogP contribution in [0, 0.1) is 11.3 Å². The molecule has 1 rings (SSSR count). The van der Waals surface area contributed by atoms with Gasteiger partial charge >= 0.3 is 12.3 Å². The molecule has 0 aliphatic carbocycles. The maximum absolute atomic E-state index is 11.8. The molecule has 0 fully saturated rings. The lowest BCUT2D eigenvalue weighted by Gasteiger charge is -2.10. The van der Waals surface area contributed by atoms with E-state index in [-0.39, 0.29) is 16.3 Å². The number of carbonyl (C=O) groups is 1. The summed E-state index contributed by atoms with van der Waals surface area (Å²) < 4.78 is 39.3. The first-order valence-electron chi connectivity index (χ1n) is 4.52. The largest absolute Gasteiger partial charge is 0.440 e. The maximum Gasteiger partial charge on any atom is 0.422 e. The molecule has 1 amide bonds. The van der Waals surface area contributed by atoms with Gasteiger partial charge in [0.1, 0.15) is 0 Å². The Balaban J connectivity index is 2.68. The Kier molecular flexibility index (Phi) is 4.39. The topological polar surface area (TPSA) is 62.1 Å². The van der Waals surface area contributed by atoms with Gasteiger partial charge in [0.25, 0.3) is 0 Å². The fraction of sp³-hybridized carbons (Fsp3) is 0.200. The van der Waals surface area contributed by atoms with Crippen LogP contribution in [0.4, 0.5) is 23.7 Å². The van der Waals surface area contributed by atoms with Crippen LogP contribution in [-0.2, 0) is 4.74 Å². The van der Waals surface area contributed by atoms with Crippen LogP contribution in [0.25, 0.3) is 0 Å². The Morgan fingerprint density at radius 1 is 1.50 bits per heavy atom. The number of halogens is 4. The third-order valence-corrected chi connectivity index (χ3v) is 2.03. The molecule has 0 aromatic heterocycles. The van der Waals surface area contributed by atoms with Gasteiger partial charge in [0.2, 0.25) is 0 Å². The predicted octanol–water partition coefficient (Wildman–Crippen LogP) is 3.32. The van der Waals surface area contributed by atoms with Crippen LogP contribution >= 0.6 is 11.6 Å². The summed E-state index contributed by atoms with van der Waals surface area (Å²) in [5.74, 6) is 0. The monoisotopic (exact) mass is 278 g/mol. The van der Waals surface area contributed by atoms with Crippen molar-refractivity contribution < 1.29 is 22.7 Å². The van der Waals surface area contributed by atoms with E-state index in [9.17, 15) is 18.0 Å². The smallest absolute Gasteiger partial charge is 0.422 e. The van der Waals surface area contributed by atoms with E-state index >= 15 is 0 Å². The fourth-order valence-corrected chi connectivity index (χ4v) is 1.15. The summed E-state index contributed by atoms with van der Waals surface area (Å²) in [6, 6.07) is 5.74. The van der Waals surface area contributed by atoms with Gasteiger partial charge in [-0.05, 0) is 18.2 Å². The molecule has 18 heavy (non-hydrogen) atoms. The zero-order valence-electron chi connectivity index (χ0n) is 8.71. The van der Waals surface area contributed by atoms with Gasteiger partial charge < -0.3 is 4.74 Å². The highest BCUT2D eigenvalue weighted by Gasteiger charge is 2.29. The quantitative estimate of drug-likeness (QED) is 0.902. The molecule has 0 spiro atoms. The molecule has 0 bridgehead atoms. The van der Waals surface area contributed by atoms with Gasteiger partial charge in [-0.25, -0.2) is 4.79 Å². The van der Waals surface area contributed by atoms with E-state index in [0.29, 0.717) is 0 Å². The third-order valence-electron chi connectivity index (χ3n) is 1.70. The molecule has 0 unspecified atom stereocenters. The molecule has 0 saturated heterocycles. The average molecular weight is 279 g/mol.